The van der Waals surface area contributed by atoms with E-state index in [2.05, 4.69) is 4.90 Å². The van der Waals surface area contributed by atoms with E-state index >= 15 is 0 Å². The summed E-state index contributed by atoms with van der Waals surface area (Å²) in [5, 5.41) is 21.7. The van der Waals surface area contributed by atoms with Crippen molar-refractivity contribution in [2.24, 2.45) is 5.92 Å². The van der Waals surface area contributed by atoms with Gasteiger partial charge in [-0.1, -0.05) is 32.0 Å². The van der Waals surface area contributed by atoms with Crippen LogP contribution in [0.25, 0.3) is 22.3 Å². The second-order valence-electron chi connectivity index (χ2n) is 9.32. The van der Waals surface area contributed by atoms with Crippen molar-refractivity contribution in [3.05, 3.63) is 47.5 Å². The zero-order valence-corrected chi connectivity index (χ0v) is 19.7. The molecule has 7 nitrogen and oxygen atoms in total. The SMILES string of the molecule is Cc1ccc2c(N3CCN(C(=O)[C@H](O)CC(C)C)CC3)nc(-c3c(C)cccc3O)nc2c1.[HH]. The maximum Gasteiger partial charge on any atom is 0.251 e. The average molecular weight is 451 g/mol. The molecule has 1 saturated heterocycles. The second kappa shape index (κ2) is 9.35. The summed E-state index contributed by atoms with van der Waals surface area (Å²) in [6.07, 6.45) is -0.479. The number of hydrogen-bond acceptors (Lipinski definition) is 6. The fraction of sp³-hybridized carbons (Fsp3) is 0.423. The highest BCUT2D eigenvalue weighted by atomic mass is 16.3. The summed E-state index contributed by atoms with van der Waals surface area (Å²) in [4.78, 5) is 26.2. The quantitative estimate of drug-likeness (QED) is 0.612. The lowest BCUT2D eigenvalue weighted by atomic mass is 10.0. The molecular weight excluding hydrogens is 416 g/mol. The number of benzene rings is 2. The number of aromatic hydroxyl groups is 1. The van der Waals surface area contributed by atoms with Crippen LogP contribution in [0.2, 0.25) is 0 Å². The number of carbonyl (C=O) groups excluding carboxylic acids is 1. The van der Waals surface area contributed by atoms with E-state index in [4.69, 9.17) is 9.97 Å². The smallest absolute Gasteiger partial charge is 0.251 e. The number of aliphatic hydroxyl groups is 1. The highest BCUT2D eigenvalue weighted by Gasteiger charge is 2.28. The minimum Gasteiger partial charge on any atom is -0.507 e. The van der Waals surface area contributed by atoms with Crippen molar-refractivity contribution in [1.82, 2.24) is 14.9 Å². The third-order valence-corrected chi connectivity index (χ3v) is 6.18. The molecule has 2 heterocycles. The third-order valence-electron chi connectivity index (χ3n) is 6.18. The molecule has 0 spiro atoms. The molecule has 33 heavy (non-hydrogen) atoms. The van der Waals surface area contributed by atoms with Crippen LogP contribution in [0, 0.1) is 19.8 Å². The number of rotatable bonds is 5. The van der Waals surface area contributed by atoms with E-state index in [1.54, 1.807) is 11.0 Å². The molecule has 7 heteroatoms. The van der Waals surface area contributed by atoms with Gasteiger partial charge in [0.1, 0.15) is 17.7 Å². The molecule has 2 aromatic carbocycles. The molecule has 0 saturated carbocycles. The normalized spacial score (nSPS) is 15.3. The second-order valence-corrected chi connectivity index (χ2v) is 9.32. The highest BCUT2D eigenvalue weighted by molar-refractivity contribution is 5.92. The van der Waals surface area contributed by atoms with Gasteiger partial charge < -0.3 is 20.0 Å². The molecular formula is C26H34N4O3. The van der Waals surface area contributed by atoms with Gasteiger partial charge in [-0.2, -0.15) is 0 Å². The van der Waals surface area contributed by atoms with E-state index in [9.17, 15) is 15.0 Å². The van der Waals surface area contributed by atoms with Crippen LogP contribution in [-0.4, -0.2) is 63.3 Å². The van der Waals surface area contributed by atoms with E-state index in [-0.39, 0.29) is 19.0 Å². The van der Waals surface area contributed by atoms with Gasteiger partial charge >= 0.3 is 0 Å². The van der Waals surface area contributed by atoms with Crippen molar-refractivity contribution in [2.45, 2.75) is 40.2 Å². The predicted molar refractivity (Wildman–Crippen MR) is 132 cm³/mol. The summed E-state index contributed by atoms with van der Waals surface area (Å²) >= 11 is 0. The average Bonchev–Trinajstić information content (AvgIpc) is 2.77. The van der Waals surface area contributed by atoms with Crippen molar-refractivity contribution >= 4 is 22.6 Å². The standard InChI is InChI=1S/C26H32N4O3.H2/c1-16(2)14-22(32)26(33)30-12-10-29(11-13-30)25-19-9-8-17(3)15-20(19)27-24(28-25)23-18(4)6-5-7-21(23)31;/h5-9,15-16,22,31-32H,10-14H2,1-4H3;1H/t22-;/m1./s1. The maximum absolute atomic E-state index is 12.6. The Hall–Kier alpha value is -3.19. The Morgan fingerprint density at radius 3 is 2.48 bits per heavy atom. The minimum atomic E-state index is -0.949. The molecule has 3 aromatic rings. The molecule has 1 aromatic heterocycles. The lowest BCUT2D eigenvalue weighted by Crippen LogP contribution is -2.52. The van der Waals surface area contributed by atoms with Crippen LogP contribution in [0.1, 0.15) is 32.8 Å². The lowest BCUT2D eigenvalue weighted by molar-refractivity contribution is -0.141. The Bertz CT molecular complexity index is 1160. The predicted octanol–water partition coefficient (Wildman–Crippen LogP) is 3.92. The number of phenolic OH excluding ortho intramolecular Hbond substituents is 1. The Kier molecular flexibility index (Phi) is 6.51. The Morgan fingerprint density at radius 2 is 1.82 bits per heavy atom. The van der Waals surface area contributed by atoms with Crippen molar-refractivity contribution in [2.75, 3.05) is 31.1 Å². The number of carbonyl (C=O) groups is 1. The van der Waals surface area contributed by atoms with E-state index in [1.165, 1.54) is 0 Å². The number of aryl methyl sites for hydroxylation is 2. The van der Waals surface area contributed by atoms with Gasteiger partial charge in [0.2, 0.25) is 0 Å². The molecule has 0 unspecified atom stereocenters. The summed E-state index contributed by atoms with van der Waals surface area (Å²) in [5.74, 6) is 1.51. The van der Waals surface area contributed by atoms with Gasteiger partial charge in [0.25, 0.3) is 5.91 Å². The maximum atomic E-state index is 12.6. The topological polar surface area (TPSA) is 89.8 Å². The highest BCUT2D eigenvalue weighted by Crippen LogP contribution is 2.34. The summed E-state index contributed by atoms with van der Waals surface area (Å²) in [6, 6.07) is 11.5. The molecule has 1 atom stereocenters. The van der Waals surface area contributed by atoms with E-state index in [1.807, 2.05) is 58.0 Å². The molecule has 1 fully saturated rings. The minimum absolute atomic E-state index is 0. The molecule has 1 amide bonds. The Labute approximate surface area is 196 Å². The summed E-state index contributed by atoms with van der Waals surface area (Å²) in [7, 11) is 0. The summed E-state index contributed by atoms with van der Waals surface area (Å²) in [6.45, 7) is 10.2. The number of anilines is 1. The Morgan fingerprint density at radius 1 is 1.09 bits per heavy atom. The molecule has 0 bridgehead atoms. The van der Waals surface area contributed by atoms with Gasteiger partial charge in [0.05, 0.1) is 11.1 Å². The van der Waals surface area contributed by atoms with Crippen LogP contribution in [0.3, 0.4) is 0 Å². The van der Waals surface area contributed by atoms with Crippen LogP contribution in [0.15, 0.2) is 36.4 Å². The van der Waals surface area contributed by atoms with E-state index in [0.29, 0.717) is 44.0 Å². The Balaban J connectivity index is 0.00000324. The van der Waals surface area contributed by atoms with Gasteiger partial charge in [0.15, 0.2) is 5.82 Å². The largest absolute Gasteiger partial charge is 0.507 e. The van der Waals surface area contributed by atoms with Crippen LogP contribution in [-0.2, 0) is 4.79 Å². The van der Waals surface area contributed by atoms with Crippen LogP contribution < -0.4 is 4.90 Å². The van der Waals surface area contributed by atoms with E-state index < -0.39 is 6.10 Å². The number of aromatic nitrogens is 2. The van der Waals surface area contributed by atoms with Gasteiger partial charge in [-0.25, -0.2) is 9.97 Å². The van der Waals surface area contributed by atoms with Gasteiger partial charge in [-0.05, 0) is 55.5 Å². The van der Waals surface area contributed by atoms with Gasteiger partial charge in [-0.3, -0.25) is 4.79 Å². The fourth-order valence-electron chi connectivity index (χ4n) is 4.42. The van der Waals surface area contributed by atoms with Gasteiger partial charge in [0, 0.05) is 33.0 Å². The lowest BCUT2D eigenvalue weighted by Gasteiger charge is -2.37. The van der Waals surface area contributed by atoms with Crippen LogP contribution in [0.4, 0.5) is 5.82 Å². The van der Waals surface area contributed by atoms with Crippen molar-refractivity contribution in [1.29, 1.82) is 0 Å². The molecule has 1 aliphatic rings. The number of fused-ring (bicyclic) bond motifs is 1. The molecule has 176 valence electrons. The first-order valence-corrected chi connectivity index (χ1v) is 11.5. The third kappa shape index (κ3) is 4.78. The first-order chi connectivity index (χ1) is 15.7. The number of hydrogen-bond donors (Lipinski definition) is 2. The van der Waals surface area contributed by atoms with Crippen molar-refractivity contribution in [3.8, 4) is 17.1 Å². The number of piperazine rings is 1. The number of aliphatic hydroxyl groups excluding tert-OH is 1. The number of nitrogens with zero attached hydrogens (tertiary/aromatic N) is 4. The zero-order chi connectivity index (χ0) is 23.7. The van der Waals surface area contributed by atoms with Crippen molar-refractivity contribution < 1.29 is 16.4 Å². The van der Waals surface area contributed by atoms with Crippen molar-refractivity contribution in [3.63, 3.8) is 0 Å². The molecule has 0 aliphatic carbocycles. The molecule has 0 radical (unpaired) electrons. The summed E-state index contributed by atoms with van der Waals surface area (Å²) < 4.78 is 0. The van der Waals surface area contributed by atoms with Crippen LogP contribution >= 0.6 is 0 Å². The first-order valence-electron chi connectivity index (χ1n) is 11.5. The zero-order valence-electron chi connectivity index (χ0n) is 19.7. The summed E-state index contributed by atoms with van der Waals surface area (Å²) in [5.41, 5.74) is 3.46. The van der Waals surface area contributed by atoms with E-state index in [0.717, 1.165) is 27.8 Å². The van der Waals surface area contributed by atoms with Crippen LogP contribution in [0.5, 0.6) is 5.75 Å². The number of phenols is 1. The molecule has 4 rings (SSSR count). The van der Waals surface area contributed by atoms with Gasteiger partial charge in [-0.15, -0.1) is 0 Å². The molecule has 1 aliphatic heterocycles. The first kappa shape index (κ1) is 23.0. The number of amides is 1. The molecule has 2 N–H and O–H groups in total. The fourth-order valence-corrected chi connectivity index (χ4v) is 4.42. The monoisotopic (exact) mass is 450 g/mol.